The number of thiazole rings is 1. The smallest absolute Gasteiger partial charge is 0.123 e. The predicted octanol–water partition coefficient (Wildman–Crippen LogP) is 3.70. The van der Waals surface area contributed by atoms with Gasteiger partial charge in [0.1, 0.15) is 5.01 Å². The zero-order chi connectivity index (χ0) is 13.9. The second-order valence-corrected chi connectivity index (χ2v) is 6.53. The molecule has 0 radical (unpaired) electrons. The summed E-state index contributed by atoms with van der Waals surface area (Å²) in [7, 11) is 0. The number of nitrogens with zero attached hydrogens (tertiary/aromatic N) is 2. The third-order valence-corrected chi connectivity index (χ3v) is 4.71. The Morgan fingerprint density at radius 3 is 2.70 bits per heavy atom. The normalized spacial score (nSPS) is 19.6. The lowest BCUT2D eigenvalue weighted by molar-refractivity contribution is 0.274. The van der Waals surface area contributed by atoms with Crippen LogP contribution in [0.4, 0.5) is 5.69 Å². The molecule has 0 bridgehead atoms. The number of hydrogen-bond acceptors (Lipinski definition) is 4. The fourth-order valence-electron chi connectivity index (χ4n) is 2.68. The van der Waals surface area contributed by atoms with Crippen LogP contribution in [0.3, 0.4) is 0 Å². The van der Waals surface area contributed by atoms with Crippen molar-refractivity contribution in [2.75, 3.05) is 18.4 Å². The Bertz CT molecular complexity index is 533. The Morgan fingerprint density at radius 2 is 2.10 bits per heavy atom. The maximum absolute atomic E-state index is 4.34. The zero-order valence-electron chi connectivity index (χ0n) is 12.0. The van der Waals surface area contributed by atoms with Crippen molar-refractivity contribution in [3.63, 3.8) is 0 Å². The molecule has 20 heavy (non-hydrogen) atoms. The van der Waals surface area contributed by atoms with Crippen LogP contribution in [0.5, 0.6) is 0 Å². The first-order valence-corrected chi connectivity index (χ1v) is 8.11. The zero-order valence-corrected chi connectivity index (χ0v) is 12.9. The second-order valence-electron chi connectivity index (χ2n) is 5.63. The van der Waals surface area contributed by atoms with Gasteiger partial charge in [0.25, 0.3) is 0 Å². The van der Waals surface area contributed by atoms with E-state index in [1.165, 1.54) is 24.2 Å². The lowest BCUT2D eigenvalue weighted by Gasteiger charge is -2.20. The summed E-state index contributed by atoms with van der Waals surface area (Å²) in [6, 6.07) is 9.84. The molecule has 1 N–H and O–H groups in total. The third kappa shape index (κ3) is 3.02. The van der Waals surface area contributed by atoms with E-state index in [9.17, 15) is 0 Å². The maximum atomic E-state index is 4.34. The summed E-state index contributed by atoms with van der Waals surface area (Å²) in [5.41, 5.74) is 2.40. The monoisotopic (exact) mass is 287 g/mol. The van der Waals surface area contributed by atoms with Gasteiger partial charge in [0.2, 0.25) is 0 Å². The summed E-state index contributed by atoms with van der Waals surface area (Å²) in [6.45, 7) is 6.88. The largest absolute Gasteiger partial charge is 0.381 e. The van der Waals surface area contributed by atoms with Crippen molar-refractivity contribution in [3.8, 4) is 10.6 Å². The van der Waals surface area contributed by atoms with E-state index >= 15 is 0 Å². The van der Waals surface area contributed by atoms with E-state index < -0.39 is 0 Å². The molecule has 4 heteroatoms. The number of benzene rings is 1. The van der Waals surface area contributed by atoms with Gasteiger partial charge in [-0.2, -0.15) is 0 Å². The number of aromatic nitrogens is 1. The fourth-order valence-corrected chi connectivity index (χ4v) is 3.33. The van der Waals surface area contributed by atoms with Crippen LogP contribution >= 0.6 is 11.3 Å². The molecule has 0 spiro atoms. The van der Waals surface area contributed by atoms with E-state index in [0.29, 0.717) is 12.1 Å². The van der Waals surface area contributed by atoms with Crippen LogP contribution in [0.15, 0.2) is 35.8 Å². The molecule has 0 aliphatic carbocycles. The minimum absolute atomic E-state index is 0.572. The highest BCUT2D eigenvalue weighted by molar-refractivity contribution is 7.13. The summed E-state index contributed by atoms with van der Waals surface area (Å²) in [4.78, 5) is 6.87. The standard InChI is InChI=1S/C16H21N3S/c1-12(2)19-9-7-15(11-19)18-14-5-3-13(4-6-14)16-17-8-10-20-16/h3-6,8,10,12,15,18H,7,9,11H2,1-2H3. The molecule has 2 aromatic rings. The molecule has 3 nitrogen and oxygen atoms in total. The first-order chi connectivity index (χ1) is 9.72. The highest BCUT2D eigenvalue weighted by Crippen LogP contribution is 2.24. The predicted molar refractivity (Wildman–Crippen MR) is 86.3 cm³/mol. The molecule has 1 unspecified atom stereocenters. The highest BCUT2D eigenvalue weighted by Gasteiger charge is 2.23. The quantitative estimate of drug-likeness (QED) is 0.929. The van der Waals surface area contributed by atoms with E-state index in [4.69, 9.17) is 0 Å². The van der Waals surface area contributed by atoms with Crippen LogP contribution < -0.4 is 5.32 Å². The van der Waals surface area contributed by atoms with Gasteiger partial charge in [-0.3, -0.25) is 4.90 Å². The maximum Gasteiger partial charge on any atom is 0.123 e. The van der Waals surface area contributed by atoms with Crippen molar-refractivity contribution in [1.29, 1.82) is 0 Å². The SMILES string of the molecule is CC(C)N1CCC(Nc2ccc(-c3nccs3)cc2)C1. The number of nitrogens with one attached hydrogen (secondary N) is 1. The average Bonchev–Trinajstić information content (AvgIpc) is 3.10. The van der Waals surface area contributed by atoms with Gasteiger partial charge in [0.15, 0.2) is 0 Å². The molecule has 3 rings (SSSR count). The Morgan fingerprint density at radius 1 is 1.30 bits per heavy atom. The topological polar surface area (TPSA) is 28.2 Å². The Balaban J connectivity index is 1.62. The van der Waals surface area contributed by atoms with Crippen molar-refractivity contribution >= 4 is 17.0 Å². The van der Waals surface area contributed by atoms with E-state index in [0.717, 1.165) is 11.6 Å². The van der Waals surface area contributed by atoms with Crippen LogP contribution in [0.25, 0.3) is 10.6 Å². The minimum Gasteiger partial charge on any atom is -0.381 e. The lowest BCUT2D eigenvalue weighted by atomic mass is 10.2. The molecule has 2 heterocycles. The molecule has 1 aliphatic rings. The van der Waals surface area contributed by atoms with Crippen molar-refractivity contribution in [3.05, 3.63) is 35.8 Å². The second kappa shape index (κ2) is 5.94. The van der Waals surface area contributed by atoms with Gasteiger partial charge >= 0.3 is 0 Å². The number of hydrogen-bond donors (Lipinski definition) is 1. The van der Waals surface area contributed by atoms with E-state index in [1.807, 2.05) is 11.6 Å². The lowest BCUT2D eigenvalue weighted by Crippen LogP contribution is -2.31. The molecule has 0 saturated carbocycles. The fraction of sp³-hybridized carbons (Fsp3) is 0.438. The van der Waals surface area contributed by atoms with Gasteiger partial charge in [-0.15, -0.1) is 11.3 Å². The van der Waals surface area contributed by atoms with Crippen LogP contribution in [-0.2, 0) is 0 Å². The number of anilines is 1. The number of likely N-dealkylation sites (tertiary alicyclic amines) is 1. The van der Waals surface area contributed by atoms with Crippen molar-refractivity contribution in [2.24, 2.45) is 0 Å². The Kier molecular flexibility index (Phi) is 4.03. The average molecular weight is 287 g/mol. The molecule has 1 aromatic heterocycles. The highest BCUT2D eigenvalue weighted by atomic mass is 32.1. The van der Waals surface area contributed by atoms with Crippen LogP contribution in [0, 0.1) is 0 Å². The molecular formula is C16H21N3S. The first kappa shape index (κ1) is 13.6. The number of rotatable bonds is 4. The van der Waals surface area contributed by atoms with Crippen molar-refractivity contribution in [2.45, 2.75) is 32.4 Å². The van der Waals surface area contributed by atoms with Crippen molar-refractivity contribution < 1.29 is 0 Å². The molecular weight excluding hydrogens is 266 g/mol. The molecule has 0 amide bonds. The van der Waals surface area contributed by atoms with E-state index in [-0.39, 0.29) is 0 Å². The molecule has 1 saturated heterocycles. The van der Waals surface area contributed by atoms with Crippen LogP contribution in [-0.4, -0.2) is 35.1 Å². The molecule has 1 aromatic carbocycles. The summed E-state index contributed by atoms with van der Waals surface area (Å²) >= 11 is 1.68. The molecule has 1 aliphatic heterocycles. The Labute approximate surface area is 124 Å². The molecule has 1 atom stereocenters. The Hall–Kier alpha value is -1.39. The summed E-state index contributed by atoms with van der Waals surface area (Å²) in [5.74, 6) is 0. The van der Waals surface area contributed by atoms with Crippen LogP contribution in [0.2, 0.25) is 0 Å². The summed E-state index contributed by atoms with van der Waals surface area (Å²) < 4.78 is 0. The third-order valence-electron chi connectivity index (χ3n) is 3.88. The first-order valence-electron chi connectivity index (χ1n) is 7.23. The summed E-state index contributed by atoms with van der Waals surface area (Å²) in [5, 5.41) is 6.74. The summed E-state index contributed by atoms with van der Waals surface area (Å²) in [6.07, 6.45) is 3.08. The van der Waals surface area contributed by atoms with Gasteiger partial charge in [0.05, 0.1) is 0 Å². The van der Waals surface area contributed by atoms with Gasteiger partial charge < -0.3 is 5.32 Å². The molecule has 1 fully saturated rings. The van der Waals surface area contributed by atoms with E-state index in [1.54, 1.807) is 11.3 Å². The van der Waals surface area contributed by atoms with Gasteiger partial charge in [0, 0.05) is 48.0 Å². The van der Waals surface area contributed by atoms with Gasteiger partial charge in [-0.25, -0.2) is 4.98 Å². The van der Waals surface area contributed by atoms with Gasteiger partial charge in [-0.1, -0.05) is 0 Å². The molecule has 106 valence electrons. The van der Waals surface area contributed by atoms with Crippen LogP contribution in [0.1, 0.15) is 20.3 Å². The van der Waals surface area contributed by atoms with Crippen molar-refractivity contribution in [1.82, 2.24) is 9.88 Å². The van der Waals surface area contributed by atoms with Gasteiger partial charge in [-0.05, 0) is 44.5 Å². The van der Waals surface area contributed by atoms with E-state index in [2.05, 4.69) is 53.3 Å². The minimum atomic E-state index is 0.572.